The fourth-order valence-electron chi connectivity index (χ4n) is 4.20. The van der Waals surface area contributed by atoms with Crippen LogP contribution in [0.2, 0.25) is 0 Å². The molecule has 0 unspecified atom stereocenters. The molecule has 0 aromatic rings. The summed E-state index contributed by atoms with van der Waals surface area (Å²) in [6.45, 7) is 6.95. The van der Waals surface area contributed by atoms with Gasteiger partial charge in [0.15, 0.2) is 0 Å². The maximum atomic E-state index is 12.2. The van der Waals surface area contributed by atoms with Crippen LogP contribution in [0.4, 0.5) is 0 Å². The van der Waals surface area contributed by atoms with Gasteiger partial charge in [0.2, 0.25) is 5.91 Å². The van der Waals surface area contributed by atoms with Crippen LogP contribution >= 0.6 is 0 Å². The molecule has 0 aromatic heterocycles. The normalized spacial score (nSPS) is 32.4. The molecule has 3 aliphatic rings. The Kier molecular flexibility index (Phi) is 4.52. The van der Waals surface area contributed by atoms with E-state index in [1.807, 2.05) is 11.8 Å². The summed E-state index contributed by atoms with van der Waals surface area (Å²) in [5.41, 5.74) is -0.0385. The number of hydrogen-bond acceptors (Lipinski definition) is 4. The van der Waals surface area contributed by atoms with E-state index in [-0.39, 0.29) is 23.5 Å². The molecule has 1 amide bonds. The van der Waals surface area contributed by atoms with Gasteiger partial charge in [-0.3, -0.25) is 9.69 Å². The number of amides is 1. The van der Waals surface area contributed by atoms with Gasteiger partial charge in [-0.05, 0) is 45.7 Å². The van der Waals surface area contributed by atoms with Crippen LogP contribution < -0.4 is 0 Å². The fourth-order valence-corrected chi connectivity index (χ4v) is 4.20. The van der Waals surface area contributed by atoms with Crippen molar-refractivity contribution in [2.45, 2.75) is 51.2 Å². The van der Waals surface area contributed by atoms with Crippen LogP contribution in [-0.2, 0) is 9.53 Å². The zero-order valence-electron chi connectivity index (χ0n) is 13.1. The first-order chi connectivity index (χ1) is 10.2. The van der Waals surface area contributed by atoms with Crippen LogP contribution in [0.5, 0.6) is 0 Å². The Morgan fingerprint density at radius 2 is 1.90 bits per heavy atom. The Labute approximate surface area is 127 Å². The molecule has 3 rings (SSSR count). The Bertz CT molecular complexity index is 372. The summed E-state index contributed by atoms with van der Waals surface area (Å²) in [4.78, 5) is 16.4. The van der Waals surface area contributed by atoms with Crippen molar-refractivity contribution in [3.8, 4) is 0 Å². The topological polar surface area (TPSA) is 53.0 Å². The van der Waals surface area contributed by atoms with Gasteiger partial charge in [0.1, 0.15) is 0 Å². The molecule has 2 aliphatic heterocycles. The van der Waals surface area contributed by atoms with Gasteiger partial charge in [-0.25, -0.2) is 0 Å². The summed E-state index contributed by atoms with van der Waals surface area (Å²) >= 11 is 0. The van der Waals surface area contributed by atoms with E-state index in [2.05, 4.69) is 4.90 Å². The van der Waals surface area contributed by atoms with Crippen LogP contribution in [0, 0.1) is 5.41 Å². The number of carbonyl (C=O) groups excluding carboxylic acids is 1. The second-order valence-corrected chi connectivity index (χ2v) is 6.79. The zero-order valence-corrected chi connectivity index (χ0v) is 13.1. The molecule has 3 fully saturated rings. The number of hydrogen-bond donors (Lipinski definition) is 1. The highest BCUT2D eigenvalue weighted by atomic mass is 16.5. The van der Waals surface area contributed by atoms with Gasteiger partial charge in [-0.2, -0.15) is 0 Å². The Balaban J connectivity index is 1.49. The molecule has 2 atom stereocenters. The number of ether oxygens (including phenoxy) is 1. The number of aliphatic hydroxyl groups excluding tert-OH is 1. The van der Waals surface area contributed by atoms with Gasteiger partial charge in [0.25, 0.3) is 0 Å². The monoisotopic (exact) mass is 296 g/mol. The van der Waals surface area contributed by atoms with Crippen LogP contribution in [0.25, 0.3) is 0 Å². The number of likely N-dealkylation sites (tertiary alicyclic amines) is 2. The Morgan fingerprint density at radius 3 is 2.48 bits per heavy atom. The number of piperidine rings is 1. The van der Waals surface area contributed by atoms with Gasteiger partial charge in [-0.15, -0.1) is 0 Å². The fraction of sp³-hybridized carbons (Fsp3) is 0.938. The Hall–Kier alpha value is -0.650. The molecule has 0 bridgehead atoms. The van der Waals surface area contributed by atoms with Crippen LogP contribution in [0.15, 0.2) is 0 Å². The van der Waals surface area contributed by atoms with E-state index in [0.29, 0.717) is 6.54 Å². The van der Waals surface area contributed by atoms with Gasteiger partial charge in [0, 0.05) is 31.5 Å². The zero-order chi connectivity index (χ0) is 14.9. The SMILES string of the molecule is CCO[C@@H]1C[C@H](O)C12CCN(CC(=O)N1CCCC1)CC2. The first kappa shape index (κ1) is 15.3. The highest BCUT2D eigenvalue weighted by Crippen LogP contribution is 2.50. The molecule has 1 saturated carbocycles. The largest absolute Gasteiger partial charge is 0.392 e. The standard InChI is InChI=1S/C16H28N2O3/c1-2-21-14-11-13(19)16(14)5-9-17(10-6-16)12-15(20)18-7-3-4-8-18/h13-14,19H,2-12H2,1H3/t13-,14+/m0/s1. The molecule has 5 heteroatoms. The third-order valence-corrected chi connectivity index (χ3v) is 5.71. The van der Waals surface area contributed by atoms with E-state index in [0.717, 1.165) is 64.9 Å². The van der Waals surface area contributed by atoms with E-state index in [1.165, 1.54) is 0 Å². The molecule has 5 nitrogen and oxygen atoms in total. The minimum Gasteiger partial charge on any atom is -0.392 e. The smallest absolute Gasteiger partial charge is 0.236 e. The lowest BCUT2D eigenvalue weighted by Gasteiger charge is -2.56. The molecule has 2 heterocycles. The predicted octanol–water partition coefficient (Wildman–Crippen LogP) is 0.861. The summed E-state index contributed by atoms with van der Waals surface area (Å²) in [5, 5.41) is 10.2. The maximum absolute atomic E-state index is 12.2. The lowest BCUT2D eigenvalue weighted by Crippen LogP contribution is -2.62. The number of rotatable bonds is 4. The van der Waals surface area contributed by atoms with Crippen molar-refractivity contribution in [3.05, 3.63) is 0 Å². The maximum Gasteiger partial charge on any atom is 0.236 e. The van der Waals surface area contributed by atoms with Gasteiger partial charge in [0.05, 0.1) is 18.8 Å². The highest BCUT2D eigenvalue weighted by molar-refractivity contribution is 5.78. The van der Waals surface area contributed by atoms with Crippen molar-refractivity contribution in [2.24, 2.45) is 5.41 Å². The molecular weight excluding hydrogens is 268 g/mol. The first-order valence-electron chi connectivity index (χ1n) is 8.45. The summed E-state index contributed by atoms with van der Waals surface area (Å²) in [7, 11) is 0. The molecule has 2 saturated heterocycles. The van der Waals surface area contributed by atoms with Crippen molar-refractivity contribution in [1.82, 2.24) is 9.80 Å². The van der Waals surface area contributed by atoms with Crippen molar-refractivity contribution in [1.29, 1.82) is 0 Å². The molecule has 0 radical (unpaired) electrons. The van der Waals surface area contributed by atoms with E-state index in [9.17, 15) is 9.90 Å². The summed E-state index contributed by atoms with van der Waals surface area (Å²) in [6.07, 6.45) is 4.98. The van der Waals surface area contributed by atoms with E-state index >= 15 is 0 Å². The second kappa shape index (κ2) is 6.23. The predicted molar refractivity (Wildman–Crippen MR) is 80.0 cm³/mol. The Morgan fingerprint density at radius 1 is 1.24 bits per heavy atom. The third kappa shape index (κ3) is 2.83. The van der Waals surface area contributed by atoms with Gasteiger partial charge >= 0.3 is 0 Å². The number of aliphatic hydroxyl groups is 1. The second-order valence-electron chi connectivity index (χ2n) is 6.79. The van der Waals surface area contributed by atoms with E-state index in [1.54, 1.807) is 0 Å². The molecule has 0 aromatic carbocycles. The van der Waals surface area contributed by atoms with E-state index in [4.69, 9.17) is 4.74 Å². The third-order valence-electron chi connectivity index (χ3n) is 5.71. The minimum atomic E-state index is -0.217. The van der Waals surface area contributed by atoms with Crippen molar-refractivity contribution in [3.63, 3.8) is 0 Å². The van der Waals surface area contributed by atoms with Crippen LogP contribution in [-0.4, -0.2) is 72.4 Å². The summed E-state index contributed by atoms with van der Waals surface area (Å²) in [5.74, 6) is 0.277. The molecule has 1 spiro atoms. The number of nitrogens with zero attached hydrogens (tertiary/aromatic N) is 2. The average Bonchev–Trinajstić information content (AvgIpc) is 3.02. The molecule has 120 valence electrons. The van der Waals surface area contributed by atoms with Crippen molar-refractivity contribution >= 4 is 5.91 Å². The van der Waals surface area contributed by atoms with Crippen molar-refractivity contribution < 1.29 is 14.6 Å². The molecule has 1 aliphatic carbocycles. The van der Waals surface area contributed by atoms with Crippen LogP contribution in [0.1, 0.15) is 39.0 Å². The lowest BCUT2D eigenvalue weighted by atomic mass is 9.58. The molecular formula is C16H28N2O3. The minimum absolute atomic E-state index is 0.0385. The highest BCUT2D eigenvalue weighted by Gasteiger charge is 2.56. The average molecular weight is 296 g/mol. The first-order valence-corrected chi connectivity index (χ1v) is 8.45. The quantitative estimate of drug-likeness (QED) is 0.836. The number of carbonyl (C=O) groups is 1. The summed E-state index contributed by atoms with van der Waals surface area (Å²) in [6, 6.07) is 0. The van der Waals surface area contributed by atoms with E-state index < -0.39 is 0 Å². The summed E-state index contributed by atoms with van der Waals surface area (Å²) < 4.78 is 5.79. The molecule has 21 heavy (non-hydrogen) atoms. The van der Waals surface area contributed by atoms with Crippen LogP contribution in [0.3, 0.4) is 0 Å². The van der Waals surface area contributed by atoms with Gasteiger partial charge < -0.3 is 14.7 Å². The lowest BCUT2D eigenvalue weighted by molar-refractivity contribution is -0.209. The van der Waals surface area contributed by atoms with Crippen molar-refractivity contribution in [2.75, 3.05) is 39.3 Å². The molecule has 1 N–H and O–H groups in total. The van der Waals surface area contributed by atoms with Gasteiger partial charge in [-0.1, -0.05) is 0 Å².